The molecule has 0 saturated carbocycles. The second kappa shape index (κ2) is 7.83. The molecule has 0 aliphatic carbocycles. The quantitative estimate of drug-likeness (QED) is 0.292. The summed E-state index contributed by atoms with van der Waals surface area (Å²) in [7, 11) is 0. The van der Waals surface area contributed by atoms with Crippen LogP contribution in [0.15, 0.2) is 100 Å². The van der Waals surface area contributed by atoms with E-state index < -0.39 is 0 Å². The molecule has 0 fully saturated rings. The number of rotatable bonds is 4. The van der Waals surface area contributed by atoms with Crippen molar-refractivity contribution in [2.45, 2.75) is 6.92 Å². The van der Waals surface area contributed by atoms with Gasteiger partial charge >= 0.3 is 0 Å². The Hall–Kier alpha value is -3.27. The van der Waals surface area contributed by atoms with Gasteiger partial charge < -0.3 is 0 Å². The standard InChI is InChI=1S/C20H18N4/c1-16-12-14-19(15-13-16)22-24-20(17-8-4-2-5-9-17)23-21-18-10-6-3-7-11-18/h2-15,21H,1H3/b23-20-,24-22?. The number of aryl methyl sites for hydroxylation is 1. The van der Waals surface area contributed by atoms with Gasteiger partial charge in [-0.2, -0.15) is 5.10 Å². The largest absolute Gasteiger partial charge is 0.276 e. The molecule has 0 amide bonds. The van der Waals surface area contributed by atoms with Crippen LogP contribution < -0.4 is 5.43 Å². The molecule has 0 radical (unpaired) electrons. The fourth-order valence-corrected chi connectivity index (χ4v) is 2.08. The number of nitrogens with one attached hydrogen (secondary N) is 1. The highest BCUT2D eigenvalue weighted by molar-refractivity contribution is 5.99. The SMILES string of the molecule is Cc1ccc(N=N/C(=N\Nc2ccccc2)c2ccccc2)cc1. The molecule has 3 rings (SSSR count). The zero-order valence-corrected chi connectivity index (χ0v) is 13.4. The summed E-state index contributed by atoms with van der Waals surface area (Å²) in [5.74, 6) is 0.528. The van der Waals surface area contributed by atoms with Gasteiger partial charge in [0.15, 0.2) is 0 Å². The van der Waals surface area contributed by atoms with Gasteiger partial charge in [0, 0.05) is 5.56 Å². The van der Waals surface area contributed by atoms with Crippen LogP contribution in [-0.2, 0) is 0 Å². The Kier molecular flexibility index (Phi) is 5.10. The lowest BCUT2D eigenvalue weighted by atomic mass is 10.2. The highest BCUT2D eigenvalue weighted by Crippen LogP contribution is 2.15. The molecule has 0 aliphatic rings. The summed E-state index contributed by atoms with van der Waals surface area (Å²) < 4.78 is 0. The summed E-state index contributed by atoms with van der Waals surface area (Å²) in [6.45, 7) is 2.04. The van der Waals surface area contributed by atoms with E-state index in [9.17, 15) is 0 Å². The number of hydrazone groups is 1. The minimum absolute atomic E-state index is 0.528. The molecule has 4 nitrogen and oxygen atoms in total. The first-order valence-electron chi connectivity index (χ1n) is 7.74. The zero-order valence-electron chi connectivity index (χ0n) is 13.4. The Labute approximate surface area is 141 Å². The molecule has 0 heterocycles. The van der Waals surface area contributed by atoms with Gasteiger partial charge in [0.05, 0.1) is 11.4 Å². The van der Waals surface area contributed by atoms with Gasteiger partial charge in [0.1, 0.15) is 0 Å². The van der Waals surface area contributed by atoms with Gasteiger partial charge in [-0.25, -0.2) is 0 Å². The van der Waals surface area contributed by atoms with Crippen molar-refractivity contribution in [3.63, 3.8) is 0 Å². The van der Waals surface area contributed by atoms with Gasteiger partial charge in [-0.3, -0.25) is 5.43 Å². The van der Waals surface area contributed by atoms with E-state index in [2.05, 4.69) is 20.8 Å². The second-order valence-corrected chi connectivity index (χ2v) is 5.31. The molecular formula is C20H18N4. The third kappa shape index (κ3) is 4.36. The molecular weight excluding hydrogens is 296 g/mol. The molecule has 118 valence electrons. The summed E-state index contributed by atoms with van der Waals surface area (Å²) in [4.78, 5) is 0. The summed E-state index contributed by atoms with van der Waals surface area (Å²) in [5, 5.41) is 13.0. The lowest BCUT2D eigenvalue weighted by molar-refractivity contribution is 1.22. The first kappa shape index (κ1) is 15.6. The van der Waals surface area contributed by atoms with Crippen molar-refractivity contribution in [1.29, 1.82) is 0 Å². The number of para-hydroxylation sites is 1. The van der Waals surface area contributed by atoms with Crippen molar-refractivity contribution < 1.29 is 0 Å². The Balaban J connectivity index is 1.86. The molecule has 0 unspecified atom stereocenters. The highest BCUT2D eigenvalue weighted by atomic mass is 15.3. The Morgan fingerprint density at radius 1 is 0.750 bits per heavy atom. The summed E-state index contributed by atoms with van der Waals surface area (Å²) in [6.07, 6.45) is 0. The molecule has 0 aliphatic heterocycles. The number of amidine groups is 1. The maximum absolute atomic E-state index is 4.40. The molecule has 0 atom stereocenters. The second-order valence-electron chi connectivity index (χ2n) is 5.31. The number of nitrogens with zero attached hydrogens (tertiary/aromatic N) is 3. The fraction of sp³-hybridized carbons (Fsp3) is 0.0500. The summed E-state index contributed by atoms with van der Waals surface area (Å²) in [6, 6.07) is 27.4. The number of azo groups is 1. The van der Waals surface area contributed by atoms with Crippen LogP contribution in [0.5, 0.6) is 0 Å². The van der Waals surface area contributed by atoms with Crippen molar-refractivity contribution in [1.82, 2.24) is 0 Å². The van der Waals surface area contributed by atoms with Gasteiger partial charge in [-0.05, 0) is 31.2 Å². The van der Waals surface area contributed by atoms with E-state index in [-0.39, 0.29) is 0 Å². The minimum Gasteiger partial charge on any atom is -0.276 e. The molecule has 0 aromatic heterocycles. The molecule has 3 aromatic carbocycles. The smallest absolute Gasteiger partial charge is 0.201 e. The monoisotopic (exact) mass is 314 g/mol. The maximum atomic E-state index is 4.40. The minimum atomic E-state index is 0.528. The van der Waals surface area contributed by atoms with Crippen molar-refractivity contribution in [3.05, 3.63) is 96.1 Å². The predicted octanol–water partition coefficient (Wildman–Crippen LogP) is 5.55. The number of hydrogen-bond donors (Lipinski definition) is 1. The van der Waals surface area contributed by atoms with E-state index in [4.69, 9.17) is 0 Å². The van der Waals surface area contributed by atoms with Gasteiger partial charge in [0.2, 0.25) is 5.84 Å². The lowest BCUT2D eigenvalue weighted by Crippen LogP contribution is -2.00. The van der Waals surface area contributed by atoms with Gasteiger partial charge in [-0.15, -0.1) is 10.2 Å². The van der Waals surface area contributed by atoms with Crippen LogP contribution in [-0.4, -0.2) is 5.84 Å². The molecule has 3 aromatic rings. The Bertz CT molecular complexity index is 823. The van der Waals surface area contributed by atoms with E-state index in [1.54, 1.807) is 0 Å². The van der Waals surface area contributed by atoms with E-state index >= 15 is 0 Å². The van der Waals surface area contributed by atoms with Crippen LogP contribution >= 0.6 is 0 Å². The lowest BCUT2D eigenvalue weighted by Gasteiger charge is -2.03. The molecule has 0 saturated heterocycles. The van der Waals surface area contributed by atoms with E-state index in [0.717, 1.165) is 16.9 Å². The average molecular weight is 314 g/mol. The number of anilines is 1. The van der Waals surface area contributed by atoms with Crippen LogP contribution in [0.25, 0.3) is 0 Å². The van der Waals surface area contributed by atoms with Crippen molar-refractivity contribution >= 4 is 17.2 Å². The van der Waals surface area contributed by atoms with E-state index in [1.165, 1.54) is 5.56 Å². The van der Waals surface area contributed by atoms with Crippen LogP contribution in [0, 0.1) is 6.92 Å². The van der Waals surface area contributed by atoms with Crippen LogP contribution in [0.4, 0.5) is 11.4 Å². The third-order valence-corrected chi connectivity index (χ3v) is 3.39. The Morgan fingerprint density at radius 2 is 1.38 bits per heavy atom. The molecule has 0 bridgehead atoms. The maximum Gasteiger partial charge on any atom is 0.201 e. The summed E-state index contributed by atoms with van der Waals surface area (Å²) >= 11 is 0. The summed E-state index contributed by atoms with van der Waals surface area (Å²) in [5.41, 5.74) is 6.81. The van der Waals surface area contributed by atoms with E-state index in [1.807, 2.05) is 91.9 Å². The van der Waals surface area contributed by atoms with Crippen LogP contribution in [0.1, 0.15) is 11.1 Å². The number of hydrogen-bond acceptors (Lipinski definition) is 3. The Morgan fingerprint density at radius 3 is 2.04 bits per heavy atom. The molecule has 1 N–H and O–H groups in total. The van der Waals surface area contributed by atoms with E-state index in [0.29, 0.717) is 5.84 Å². The van der Waals surface area contributed by atoms with Crippen molar-refractivity contribution in [3.8, 4) is 0 Å². The van der Waals surface area contributed by atoms with Crippen LogP contribution in [0.3, 0.4) is 0 Å². The van der Waals surface area contributed by atoms with Crippen molar-refractivity contribution in [2.75, 3.05) is 5.43 Å². The molecule has 24 heavy (non-hydrogen) atoms. The van der Waals surface area contributed by atoms with Gasteiger partial charge in [-0.1, -0.05) is 66.2 Å². The van der Waals surface area contributed by atoms with Crippen LogP contribution in [0.2, 0.25) is 0 Å². The van der Waals surface area contributed by atoms with Crippen molar-refractivity contribution in [2.24, 2.45) is 15.3 Å². The molecule has 4 heteroatoms. The fourth-order valence-electron chi connectivity index (χ4n) is 2.08. The average Bonchev–Trinajstić information content (AvgIpc) is 2.65. The first-order chi connectivity index (χ1) is 11.8. The van der Waals surface area contributed by atoms with Gasteiger partial charge in [0.25, 0.3) is 0 Å². The predicted molar refractivity (Wildman–Crippen MR) is 98.7 cm³/mol. The topological polar surface area (TPSA) is 49.1 Å². The highest BCUT2D eigenvalue weighted by Gasteiger charge is 2.02. The zero-order chi connectivity index (χ0) is 16.6. The third-order valence-electron chi connectivity index (χ3n) is 3.39. The normalized spacial score (nSPS) is 11.6. The molecule has 0 spiro atoms. The number of benzene rings is 3. The first-order valence-corrected chi connectivity index (χ1v) is 7.74.